The van der Waals surface area contributed by atoms with Crippen LogP contribution in [0, 0.1) is 18.3 Å². The van der Waals surface area contributed by atoms with Gasteiger partial charge in [-0.05, 0) is 88.6 Å². The van der Waals surface area contributed by atoms with Crippen LogP contribution in [0.25, 0.3) is 0 Å². The average Bonchev–Trinajstić information content (AvgIpc) is 1.85. The number of hydrogen-bond acceptors (Lipinski definition) is 18. The van der Waals surface area contributed by atoms with E-state index in [1.165, 1.54) is 43.1 Å². The summed E-state index contributed by atoms with van der Waals surface area (Å²) in [7, 11) is 2.96. The molecule has 0 aliphatic carbocycles. The zero-order valence-electron chi connectivity index (χ0n) is 50.6. The van der Waals surface area contributed by atoms with Crippen LogP contribution in [0.1, 0.15) is 99.4 Å². The molecule has 24 nitrogen and oxygen atoms in total. The first-order chi connectivity index (χ1) is 41.9. The average molecular weight is 1210 g/mol. The SMILES string of the molecule is C#CCOCCOCCOCCOCCOCCC(=O)N[C@H](C(=O)N(c1ccc(COC(=O)N2c3cc(OCCCCCOc4cc5c(cc4OC)C(=O)N4C=C(C)C[C@H]4C=N5)c(OC)cc3C(=O)N3C=C(C)C[C@H]3[C@@H]2O)cc1)[C@@H](C)C(N)=O)C(C)C. The lowest BCUT2D eigenvalue weighted by molar-refractivity contribution is -0.130. The van der Waals surface area contributed by atoms with Gasteiger partial charge >= 0.3 is 6.09 Å². The predicted molar refractivity (Wildman–Crippen MR) is 321 cm³/mol. The van der Waals surface area contributed by atoms with Crippen molar-refractivity contribution < 1.29 is 81.2 Å². The maximum Gasteiger partial charge on any atom is 0.416 e. The molecule has 0 bridgehead atoms. The summed E-state index contributed by atoms with van der Waals surface area (Å²) in [4.78, 5) is 92.2. The first-order valence-corrected chi connectivity index (χ1v) is 29.2. The molecule has 0 unspecified atom stereocenters. The molecule has 0 spiro atoms. The van der Waals surface area contributed by atoms with E-state index in [1.54, 1.807) is 67.6 Å². The molecule has 24 heteroatoms. The summed E-state index contributed by atoms with van der Waals surface area (Å²) >= 11 is 0. The van der Waals surface area contributed by atoms with Crippen LogP contribution in [0.15, 0.2) is 77.1 Å². The normalized spacial score (nSPS) is 17.4. The van der Waals surface area contributed by atoms with E-state index in [0.29, 0.717) is 93.8 Å². The molecule has 0 aromatic heterocycles. The number of hydrogen-bond donors (Lipinski definition) is 3. The highest BCUT2D eigenvalue weighted by atomic mass is 16.6. The van der Waals surface area contributed by atoms with Crippen molar-refractivity contribution in [2.24, 2.45) is 16.6 Å². The number of unbranched alkanes of at least 4 members (excludes halogenated alkanes) is 2. The third-order valence-electron chi connectivity index (χ3n) is 14.8. The van der Waals surface area contributed by atoms with Crippen molar-refractivity contribution in [3.8, 4) is 35.3 Å². The molecule has 87 heavy (non-hydrogen) atoms. The molecule has 3 aromatic rings. The second kappa shape index (κ2) is 32.6. The summed E-state index contributed by atoms with van der Waals surface area (Å²) in [6.45, 7) is 12.3. The molecule has 470 valence electrons. The van der Waals surface area contributed by atoms with Gasteiger partial charge in [0.05, 0.1) is 121 Å². The quantitative estimate of drug-likeness (QED) is 0.0442. The molecule has 0 fully saturated rings. The number of nitrogens with two attached hydrogens (primary N) is 1. The Hall–Kier alpha value is -8.05. The van der Waals surface area contributed by atoms with Crippen LogP contribution in [0.3, 0.4) is 0 Å². The van der Waals surface area contributed by atoms with Crippen molar-refractivity contribution in [1.29, 1.82) is 0 Å². The molecule has 6 amide bonds. The largest absolute Gasteiger partial charge is 0.493 e. The maximum atomic E-state index is 14.4. The van der Waals surface area contributed by atoms with E-state index in [0.717, 1.165) is 22.5 Å². The lowest BCUT2D eigenvalue weighted by Gasteiger charge is -2.33. The number of benzene rings is 3. The van der Waals surface area contributed by atoms with Crippen molar-refractivity contribution in [2.45, 2.75) is 110 Å². The van der Waals surface area contributed by atoms with Gasteiger partial charge in [-0.25, -0.2) is 9.69 Å². The lowest BCUT2D eigenvalue weighted by Crippen LogP contribution is -2.56. The van der Waals surface area contributed by atoms with Gasteiger partial charge in [0.1, 0.15) is 25.3 Å². The molecule has 7 rings (SSSR count). The number of fused-ring (bicyclic) bond motifs is 4. The number of methoxy groups -OCH3 is 2. The van der Waals surface area contributed by atoms with E-state index in [1.807, 2.05) is 20.0 Å². The van der Waals surface area contributed by atoms with Crippen LogP contribution in [-0.2, 0) is 49.4 Å². The van der Waals surface area contributed by atoms with Crippen LogP contribution in [0.5, 0.6) is 23.0 Å². The molecule has 4 aliphatic rings. The van der Waals surface area contributed by atoms with Crippen LogP contribution < -0.4 is 39.8 Å². The Labute approximate surface area is 507 Å². The van der Waals surface area contributed by atoms with Crippen molar-refractivity contribution in [1.82, 2.24) is 15.1 Å². The fourth-order valence-corrected chi connectivity index (χ4v) is 10.1. The van der Waals surface area contributed by atoms with E-state index < -0.39 is 60.0 Å². The number of ether oxygens (including phenoxy) is 10. The summed E-state index contributed by atoms with van der Waals surface area (Å²) in [5.74, 6) is 0.889. The van der Waals surface area contributed by atoms with Crippen molar-refractivity contribution in [3.05, 3.63) is 88.8 Å². The number of aliphatic hydroxyl groups excluding tert-OH is 1. The van der Waals surface area contributed by atoms with Crippen LogP contribution >= 0.6 is 0 Å². The number of terminal acetylenes is 1. The third kappa shape index (κ3) is 17.6. The number of amides is 6. The summed E-state index contributed by atoms with van der Waals surface area (Å²) < 4.78 is 56.6. The van der Waals surface area contributed by atoms with Gasteiger partial charge in [0.15, 0.2) is 29.2 Å². The number of nitrogens with one attached hydrogen (secondary N) is 1. The minimum Gasteiger partial charge on any atom is -0.493 e. The minimum atomic E-state index is -1.55. The number of anilines is 2. The number of carbonyl (C=O) groups excluding carboxylic acids is 6. The third-order valence-corrected chi connectivity index (χ3v) is 14.8. The molecular formula is C63H81N7O17. The number of aliphatic hydroxyl groups is 1. The zero-order chi connectivity index (χ0) is 62.6. The number of carbonyl (C=O) groups is 6. The molecule has 5 atom stereocenters. The van der Waals surface area contributed by atoms with Crippen molar-refractivity contribution >= 4 is 58.9 Å². The summed E-state index contributed by atoms with van der Waals surface area (Å²) in [6.07, 6.45) is 10.8. The highest BCUT2D eigenvalue weighted by Gasteiger charge is 2.45. The Balaban J connectivity index is 0.925. The Morgan fingerprint density at radius 2 is 1.30 bits per heavy atom. The van der Waals surface area contributed by atoms with Gasteiger partial charge < -0.3 is 73.3 Å². The van der Waals surface area contributed by atoms with Gasteiger partial charge in [0.2, 0.25) is 11.8 Å². The predicted octanol–water partition coefficient (Wildman–Crippen LogP) is 6.21. The zero-order valence-corrected chi connectivity index (χ0v) is 50.6. The van der Waals surface area contributed by atoms with Crippen molar-refractivity contribution in [3.63, 3.8) is 0 Å². The van der Waals surface area contributed by atoms with Crippen LogP contribution in [-0.4, -0.2) is 181 Å². The highest BCUT2D eigenvalue weighted by Crippen LogP contribution is 2.43. The standard InChI is InChI=1S/C63H81N7O17/c1-9-18-80-22-24-82-26-28-84-29-27-83-25-23-81-21-17-56(71)66-57(40(2)3)62(76)69(43(6)58(64)72)45-15-13-44(14-16-45)39-87-63(77)70-50-35-55(53(79-8)33-48(50)60(74)68-38-42(5)31-51(68)61(70)75)86-20-12-10-11-19-85-54-34-49-47(32-52(54)78-7)59(73)67-37-41(4)30-46(67)36-65-49/h1,13-16,32-38,40,43,46,51,57,61,75H,10-12,17-31,39H2,2-8H3,(H2,64,72)(H,66,71)/t43-,46-,51-,57-,61-/m0/s1. The first kappa shape index (κ1) is 66.5. The van der Waals surface area contributed by atoms with Crippen LogP contribution in [0.4, 0.5) is 21.9 Å². The number of primary amides is 1. The van der Waals surface area contributed by atoms with E-state index in [9.17, 15) is 33.9 Å². The fraction of sp³-hybridized carbons (Fsp3) is 0.508. The van der Waals surface area contributed by atoms with Gasteiger partial charge in [-0.3, -0.25) is 33.9 Å². The summed E-state index contributed by atoms with van der Waals surface area (Å²) in [6, 6.07) is 9.52. The van der Waals surface area contributed by atoms with Crippen LogP contribution in [0.2, 0.25) is 0 Å². The van der Waals surface area contributed by atoms with E-state index >= 15 is 0 Å². The number of aliphatic imine (C=N–C) groups is 1. The molecular weight excluding hydrogens is 1130 g/mol. The fourth-order valence-electron chi connectivity index (χ4n) is 10.1. The molecule has 4 aliphatic heterocycles. The second-order valence-corrected chi connectivity index (χ2v) is 21.5. The Kier molecular flexibility index (Phi) is 24.9. The number of rotatable bonds is 34. The topological polar surface area (TPSA) is 278 Å². The van der Waals surface area contributed by atoms with Crippen molar-refractivity contribution in [2.75, 3.05) is 103 Å². The molecule has 0 saturated carbocycles. The van der Waals surface area contributed by atoms with Gasteiger partial charge in [-0.2, -0.15) is 0 Å². The molecule has 0 radical (unpaired) electrons. The molecule has 4 heterocycles. The summed E-state index contributed by atoms with van der Waals surface area (Å²) in [5, 5.41) is 14.8. The molecule has 0 saturated heterocycles. The van der Waals surface area contributed by atoms with E-state index in [-0.39, 0.29) is 92.9 Å². The Morgan fingerprint density at radius 3 is 1.90 bits per heavy atom. The Morgan fingerprint density at radius 1 is 0.736 bits per heavy atom. The number of nitrogens with zero attached hydrogens (tertiary/aromatic N) is 5. The van der Waals surface area contributed by atoms with E-state index in [4.69, 9.17) is 59.5 Å². The first-order valence-electron chi connectivity index (χ1n) is 29.2. The highest BCUT2D eigenvalue weighted by molar-refractivity contribution is 6.07. The smallest absolute Gasteiger partial charge is 0.416 e. The van der Waals surface area contributed by atoms with Gasteiger partial charge in [0.25, 0.3) is 17.7 Å². The van der Waals surface area contributed by atoms with E-state index in [2.05, 4.69) is 16.2 Å². The second-order valence-electron chi connectivity index (χ2n) is 21.5. The van der Waals surface area contributed by atoms with Gasteiger partial charge in [-0.1, -0.05) is 43.0 Å². The maximum absolute atomic E-state index is 14.4. The summed E-state index contributed by atoms with van der Waals surface area (Å²) in [5.41, 5.74) is 9.49. The lowest BCUT2D eigenvalue weighted by atomic mass is 10.0. The van der Waals surface area contributed by atoms with Gasteiger partial charge in [-0.15, -0.1) is 6.42 Å². The Bertz CT molecular complexity index is 3030. The minimum absolute atomic E-state index is 0.0423. The molecule has 4 N–H and O–H groups in total. The monoisotopic (exact) mass is 1210 g/mol. The molecule has 3 aromatic carbocycles. The van der Waals surface area contributed by atoms with Gasteiger partial charge in [0, 0.05) is 42.9 Å².